The lowest BCUT2D eigenvalue weighted by Gasteiger charge is -2.15. The molecule has 0 fully saturated rings. The number of fused-ring (bicyclic) bond motifs is 1. The first-order valence-corrected chi connectivity index (χ1v) is 7.45. The van der Waals surface area contributed by atoms with E-state index in [0.717, 1.165) is 10.0 Å². The molecular weight excluding hydrogens is 375 g/mol. The van der Waals surface area contributed by atoms with Crippen molar-refractivity contribution in [2.45, 2.75) is 19.1 Å². The zero-order chi connectivity index (χ0) is 16.6. The zero-order valence-corrected chi connectivity index (χ0v) is 13.4. The molecule has 0 saturated carbocycles. The molecule has 0 aliphatic heterocycles. The summed E-state index contributed by atoms with van der Waals surface area (Å²) >= 11 is 3.39. The SMILES string of the molecule is CC(Nc1ccc2nnc(C(F)(F)F)n2n1)c1cccc(Br)c1. The maximum atomic E-state index is 12.9. The van der Waals surface area contributed by atoms with Gasteiger partial charge in [-0.15, -0.1) is 15.3 Å². The van der Waals surface area contributed by atoms with E-state index in [4.69, 9.17) is 0 Å². The van der Waals surface area contributed by atoms with Crippen molar-refractivity contribution in [2.24, 2.45) is 0 Å². The molecule has 0 aliphatic carbocycles. The molecule has 2 aromatic heterocycles. The van der Waals surface area contributed by atoms with Gasteiger partial charge in [-0.2, -0.15) is 17.7 Å². The van der Waals surface area contributed by atoms with Crippen molar-refractivity contribution in [3.05, 3.63) is 52.3 Å². The summed E-state index contributed by atoms with van der Waals surface area (Å²) in [6, 6.07) is 10.5. The highest BCUT2D eigenvalue weighted by molar-refractivity contribution is 9.10. The second-order valence-corrected chi connectivity index (χ2v) is 5.85. The Balaban J connectivity index is 1.91. The van der Waals surface area contributed by atoms with Crippen LogP contribution in [0, 0.1) is 0 Å². The summed E-state index contributed by atoms with van der Waals surface area (Å²) in [5, 5.41) is 13.6. The van der Waals surface area contributed by atoms with Gasteiger partial charge in [0.25, 0.3) is 5.82 Å². The molecular formula is C14H11BrF3N5. The molecule has 1 unspecified atom stereocenters. The van der Waals surface area contributed by atoms with Crippen LogP contribution in [0.3, 0.4) is 0 Å². The van der Waals surface area contributed by atoms with Crippen LogP contribution in [-0.4, -0.2) is 19.8 Å². The quantitative estimate of drug-likeness (QED) is 0.737. The third-order valence-electron chi connectivity index (χ3n) is 3.23. The Kier molecular flexibility index (Phi) is 3.97. The highest BCUT2D eigenvalue weighted by atomic mass is 79.9. The van der Waals surface area contributed by atoms with Crippen molar-refractivity contribution in [1.29, 1.82) is 0 Å². The zero-order valence-electron chi connectivity index (χ0n) is 11.8. The Hall–Kier alpha value is -2.16. The maximum Gasteiger partial charge on any atom is 0.453 e. The Labute approximate surface area is 137 Å². The summed E-state index contributed by atoms with van der Waals surface area (Å²) < 4.78 is 40.2. The first-order valence-electron chi connectivity index (χ1n) is 6.66. The predicted molar refractivity (Wildman–Crippen MR) is 82.0 cm³/mol. The lowest BCUT2D eigenvalue weighted by Crippen LogP contribution is -2.14. The van der Waals surface area contributed by atoms with Crippen LogP contribution in [0.15, 0.2) is 40.9 Å². The third-order valence-corrected chi connectivity index (χ3v) is 3.72. The lowest BCUT2D eigenvalue weighted by molar-refractivity contribution is -0.146. The number of aromatic nitrogens is 4. The van der Waals surface area contributed by atoms with Gasteiger partial charge in [0, 0.05) is 4.47 Å². The average molecular weight is 386 g/mol. The van der Waals surface area contributed by atoms with E-state index < -0.39 is 12.0 Å². The number of nitrogens with zero attached hydrogens (tertiary/aromatic N) is 4. The molecule has 0 bridgehead atoms. The standard InChI is InChI=1S/C14H11BrF3N5/c1-8(9-3-2-4-10(15)7-9)19-11-5-6-12-20-21-13(14(16,17)18)23(12)22-11/h2-8H,1H3,(H,19,22). The van der Waals surface area contributed by atoms with Gasteiger partial charge in [0.15, 0.2) is 5.65 Å². The number of rotatable bonds is 3. The molecule has 2 heterocycles. The minimum absolute atomic E-state index is 0.0398. The molecule has 23 heavy (non-hydrogen) atoms. The molecule has 1 N–H and O–H groups in total. The van der Waals surface area contributed by atoms with E-state index in [1.54, 1.807) is 6.07 Å². The van der Waals surface area contributed by atoms with Gasteiger partial charge in [-0.1, -0.05) is 28.1 Å². The van der Waals surface area contributed by atoms with Crippen LogP contribution in [-0.2, 0) is 6.18 Å². The summed E-state index contributed by atoms with van der Waals surface area (Å²) in [6.45, 7) is 1.89. The number of hydrogen-bond acceptors (Lipinski definition) is 4. The molecule has 9 heteroatoms. The molecule has 0 aliphatic rings. The van der Waals surface area contributed by atoms with E-state index in [9.17, 15) is 13.2 Å². The van der Waals surface area contributed by atoms with Gasteiger partial charge in [-0.25, -0.2) is 0 Å². The number of hydrogen-bond donors (Lipinski definition) is 1. The van der Waals surface area contributed by atoms with Crippen molar-refractivity contribution in [3.8, 4) is 0 Å². The summed E-state index contributed by atoms with van der Waals surface area (Å²) in [6.07, 6.45) is -4.61. The number of anilines is 1. The first-order chi connectivity index (χ1) is 10.8. The largest absolute Gasteiger partial charge is 0.453 e. The molecule has 3 rings (SSSR count). The Morgan fingerprint density at radius 1 is 1.17 bits per heavy atom. The van der Waals surface area contributed by atoms with E-state index in [0.29, 0.717) is 10.3 Å². The van der Waals surface area contributed by atoms with E-state index in [1.807, 2.05) is 31.2 Å². The Bertz CT molecular complexity index is 846. The van der Waals surface area contributed by atoms with Crippen molar-refractivity contribution < 1.29 is 13.2 Å². The lowest BCUT2D eigenvalue weighted by atomic mass is 10.1. The molecule has 0 saturated heterocycles. The highest BCUT2D eigenvalue weighted by Crippen LogP contribution is 2.28. The molecule has 1 atom stereocenters. The number of halogens is 4. The maximum absolute atomic E-state index is 12.9. The van der Waals surface area contributed by atoms with Crippen LogP contribution in [0.25, 0.3) is 5.65 Å². The molecule has 5 nitrogen and oxygen atoms in total. The van der Waals surface area contributed by atoms with Gasteiger partial charge >= 0.3 is 6.18 Å². The summed E-state index contributed by atoms with van der Waals surface area (Å²) in [7, 11) is 0. The van der Waals surface area contributed by atoms with Crippen LogP contribution < -0.4 is 5.32 Å². The molecule has 1 aromatic carbocycles. The van der Waals surface area contributed by atoms with Crippen LogP contribution in [0.4, 0.5) is 19.0 Å². The second kappa shape index (κ2) is 5.80. The second-order valence-electron chi connectivity index (χ2n) is 4.93. The average Bonchev–Trinajstić information content (AvgIpc) is 2.90. The van der Waals surface area contributed by atoms with Crippen LogP contribution in [0.2, 0.25) is 0 Å². The monoisotopic (exact) mass is 385 g/mol. The van der Waals surface area contributed by atoms with Crippen LogP contribution >= 0.6 is 15.9 Å². The number of nitrogens with one attached hydrogen (secondary N) is 1. The fourth-order valence-electron chi connectivity index (χ4n) is 2.12. The van der Waals surface area contributed by atoms with Gasteiger partial charge < -0.3 is 5.32 Å². The Morgan fingerprint density at radius 2 is 1.96 bits per heavy atom. The van der Waals surface area contributed by atoms with E-state index in [-0.39, 0.29) is 11.7 Å². The minimum Gasteiger partial charge on any atom is -0.362 e. The molecule has 0 spiro atoms. The molecule has 120 valence electrons. The van der Waals surface area contributed by atoms with Gasteiger partial charge in [0.2, 0.25) is 0 Å². The van der Waals surface area contributed by atoms with E-state index in [1.165, 1.54) is 6.07 Å². The van der Waals surface area contributed by atoms with E-state index >= 15 is 0 Å². The van der Waals surface area contributed by atoms with Crippen LogP contribution in [0.1, 0.15) is 24.4 Å². The van der Waals surface area contributed by atoms with Gasteiger partial charge in [0.05, 0.1) is 6.04 Å². The smallest absolute Gasteiger partial charge is 0.362 e. The number of alkyl halides is 3. The van der Waals surface area contributed by atoms with Crippen molar-refractivity contribution in [1.82, 2.24) is 19.8 Å². The number of benzene rings is 1. The van der Waals surface area contributed by atoms with Gasteiger partial charge in [-0.05, 0) is 36.8 Å². The fourth-order valence-corrected chi connectivity index (χ4v) is 2.54. The van der Waals surface area contributed by atoms with Gasteiger partial charge in [-0.3, -0.25) is 0 Å². The summed E-state index contributed by atoms with van der Waals surface area (Å²) in [5.41, 5.74) is 1.01. The van der Waals surface area contributed by atoms with Crippen molar-refractivity contribution in [2.75, 3.05) is 5.32 Å². The van der Waals surface area contributed by atoms with Gasteiger partial charge in [0.1, 0.15) is 5.82 Å². The van der Waals surface area contributed by atoms with E-state index in [2.05, 4.69) is 36.5 Å². The predicted octanol–water partition coefficient (Wildman–Crippen LogP) is 4.08. The fraction of sp³-hybridized carbons (Fsp3) is 0.214. The van der Waals surface area contributed by atoms with Crippen molar-refractivity contribution >= 4 is 27.4 Å². The third kappa shape index (κ3) is 3.29. The normalized spacial score (nSPS) is 13.3. The highest BCUT2D eigenvalue weighted by Gasteiger charge is 2.37. The molecule has 0 radical (unpaired) electrons. The first kappa shape index (κ1) is 15.7. The Morgan fingerprint density at radius 3 is 2.65 bits per heavy atom. The summed E-state index contributed by atoms with van der Waals surface area (Å²) in [5.74, 6) is -0.846. The van der Waals surface area contributed by atoms with Crippen molar-refractivity contribution in [3.63, 3.8) is 0 Å². The van der Waals surface area contributed by atoms with Crippen LogP contribution in [0.5, 0.6) is 0 Å². The molecule has 0 amide bonds. The summed E-state index contributed by atoms with van der Waals surface area (Å²) in [4.78, 5) is 0. The molecule has 3 aromatic rings. The minimum atomic E-state index is -4.61. The topological polar surface area (TPSA) is 55.1 Å².